The zero-order valence-electron chi connectivity index (χ0n) is 13.1. The van der Waals surface area contributed by atoms with Gasteiger partial charge in [0, 0.05) is 22.7 Å². The lowest BCUT2D eigenvalue weighted by Gasteiger charge is -2.46. The Labute approximate surface area is 131 Å². The Morgan fingerprint density at radius 1 is 1.29 bits per heavy atom. The normalized spacial score (nSPS) is 21.0. The van der Waals surface area contributed by atoms with E-state index in [0.717, 1.165) is 12.8 Å². The first-order valence-corrected chi connectivity index (χ1v) is 7.61. The van der Waals surface area contributed by atoms with Crippen molar-refractivity contribution in [3.05, 3.63) is 28.8 Å². The number of nitrogen functional groups attached to an aromatic ring is 1. The summed E-state index contributed by atoms with van der Waals surface area (Å²) in [4.78, 5) is 12.4. The lowest BCUT2D eigenvalue weighted by Crippen LogP contribution is -2.62. The van der Waals surface area contributed by atoms with Gasteiger partial charge in [-0.1, -0.05) is 11.6 Å². The second-order valence-corrected chi connectivity index (χ2v) is 7.61. The largest absolute Gasteiger partial charge is 0.398 e. The van der Waals surface area contributed by atoms with E-state index in [4.69, 9.17) is 17.3 Å². The second kappa shape index (κ2) is 5.50. The number of hydrogen-bond acceptors (Lipinski definition) is 3. The number of nitrogens with one attached hydrogen (secondary N) is 2. The average molecular weight is 310 g/mol. The van der Waals surface area contributed by atoms with E-state index in [1.165, 1.54) is 0 Å². The SMILES string of the molecule is CC1(C)CC(NC(=O)c2ccc(Cl)c(N)c2)CC(C)(C)N1. The predicted octanol–water partition coefficient (Wildman–Crippen LogP) is 2.96. The fourth-order valence-corrected chi connectivity index (χ4v) is 3.50. The van der Waals surface area contributed by atoms with Crippen molar-refractivity contribution in [1.29, 1.82) is 0 Å². The summed E-state index contributed by atoms with van der Waals surface area (Å²) in [5, 5.41) is 7.19. The maximum atomic E-state index is 12.4. The molecular weight excluding hydrogens is 286 g/mol. The van der Waals surface area contributed by atoms with Gasteiger partial charge < -0.3 is 16.4 Å². The topological polar surface area (TPSA) is 67.2 Å². The van der Waals surface area contributed by atoms with Gasteiger partial charge in [-0.25, -0.2) is 0 Å². The number of carbonyl (C=O) groups is 1. The van der Waals surface area contributed by atoms with Gasteiger partial charge >= 0.3 is 0 Å². The number of amides is 1. The van der Waals surface area contributed by atoms with Crippen molar-refractivity contribution in [3.8, 4) is 0 Å². The number of nitrogens with two attached hydrogens (primary N) is 1. The zero-order chi connectivity index (χ0) is 15.8. The van der Waals surface area contributed by atoms with Gasteiger partial charge in [-0.2, -0.15) is 0 Å². The summed E-state index contributed by atoms with van der Waals surface area (Å²) in [6.45, 7) is 8.64. The molecule has 2 rings (SSSR count). The van der Waals surface area contributed by atoms with Crippen molar-refractivity contribution >= 4 is 23.2 Å². The minimum Gasteiger partial charge on any atom is -0.398 e. The molecule has 0 aromatic heterocycles. The summed E-state index contributed by atoms with van der Waals surface area (Å²) in [7, 11) is 0. The van der Waals surface area contributed by atoms with Crippen LogP contribution in [0.2, 0.25) is 5.02 Å². The highest BCUT2D eigenvalue weighted by molar-refractivity contribution is 6.33. The summed E-state index contributed by atoms with van der Waals surface area (Å²) in [5.74, 6) is -0.100. The Kier molecular flexibility index (Phi) is 4.22. The van der Waals surface area contributed by atoms with E-state index in [1.54, 1.807) is 18.2 Å². The van der Waals surface area contributed by atoms with Crippen LogP contribution in [-0.2, 0) is 0 Å². The Morgan fingerprint density at radius 2 is 1.86 bits per heavy atom. The number of benzene rings is 1. The molecule has 1 heterocycles. The molecule has 1 aromatic rings. The van der Waals surface area contributed by atoms with Crippen LogP contribution in [0.3, 0.4) is 0 Å². The summed E-state index contributed by atoms with van der Waals surface area (Å²) in [5.41, 5.74) is 6.73. The first kappa shape index (κ1) is 16.1. The number of hydrogen-bond donors (Lipinski definition) is 3. The maximum Gasteiger partial charge on any atom is 0.251 e. The lowest BCUT2D eigenvalue weighted by molar-refractivity contribution is 0.0873. The summed E-state index contributed by atoms with van der Waals surface area (Å²) < 4.78 is 0. The molecule has 0 bridgehead atoms. The molecule has 1 amide bonds. The molecule has 5 heteroatoms. The fourth-order valence-electron chi connectivity index (χ4n) is 3.38. The predicted molar refractivity (Wildman–Crippen MR) is 87.6 cm³/mol. The Morgan fingerprint density at radius 3 is 2.38 bits per heavy atom. The van der Waals surface area contributed by atoms with Crippen LogP contribution in [0.25, 0.3) is 0 Å². The third-order valence-electron chi connectivity index (χ3n) is 3.78. The molecule has 0 spiro atoms. The van der Waals surface area contributed by atoms with E-state index in [-0.39, 0.29) is 23.0 Å². The number of piperidine rings is 1. The zero-order valence-corrected chi connectivity index (χ0v) is 13.8. The molecule has 1 aliphatic rings. The Hall–Kier alpha value is -1.26. The first-order valence-electron chi connectivity index (χ1n) is 7.23. The highest BCUT2D eigenvalue weighted by Crippen LogP contribution is 2.29. The van der Waals surface area contributed by atoms with E-state index in [2.05, 4.69) is 38.3 Å². The minimum atomic E-state index is -0.100. The van der Waals surface area contributed by atoms with Gasteiger partial charge in [-0.05, 0) is 58.7 Å². The van der Waals surface area contributed by atoms with Crippen molar-refractivity contribution in [1.82, 2.24) is 10.6 Å². The summed E-state index contributed by atoms with van der Waals surface area (Å²) in [6.07, 6.45) is 1.79. The number of rotatable bonds is 2. The van der Waals surface area contributed by atoms with Crippen LogP contribution in [0.5, 0.6) is 0 Å². The van der Waals surface area contributed by atoms with Crippen LogP contribution in [-0.4, -0.2) is 23.0 Å². The van der Waals surface area contributed by atoms with E-state index >= 15 is 0 Å². The van der Waals surface area contributed by atoms with Crippen LogP contribution in [0, 0.1) is 0 Å². The van der Waals surface area contributed by atoms with Gasteiger partial charge in [-0.15, -0.1) is 0 Å². The molecule has 0 unspecified atom stereocenters. The van der Waals surface area contributed by atoms with Crippen LogP contribution in [0.15, 0.2) is 18.2 Å². The van der Waals surface area contributed by atoms with Crippen LogP contribution in [0.1, 0.15) is 50.9 Å². The Balaban J connectivity index is 2.10. The number of carbonyl (C=O) groups excluding carboxylic acids is 1. The maximum absolute atomic E-state index is 12.4. The number of halogens is 1. The lowest BCUT2D eigenvalue weighted by atomic mass is 9.79. The molecule has 1 aromatic carbocycles. The van der Waals surface area contributed by atoms with Gasteiger partial charge in [0.25, 0.3) is 5.91 Å². The fraction of sp³-hybridized carbons (Fsp3) is 0.562. The van der Waals surface area contributed by atoms with Crippen molar-refractivity contribution in [2.24, 2.45) is 0 Å². The Bertz CT molecular complexity index is 538. The van der Waals surface area contributed by atoms with Gasteiger partial charge in [0.05, 0.1) is 10.7 Å². The first-order chi connectivity index (χ1) is 9.58. The van der Waals surface area contributed by atoms with Crippen molar-refractivity contribution < 1.29 is 4.79 Å². The molecule has 21 heavy (non-hydrogen) atoms. The molecule has 1 saturated heterocycles. The molecule has 0 saturated carbocycles. The summed E-state index contributed by atoms with van der Waals surface area (Å²) >= 11 is 5.89. The van der Waals surface area contributed by atoms with Crippen molar-refractivity contribution in [2.45, 2.75) is 57.7 Å². The van der Waals surface area contributed by atoms with Gasteiger partial charge in [0.1, 0.15) is 0 Å². The molecule has 0 atom stereocenters. The van der Waals surface area contributed by atoms with Crippen molar-refractivity contribution in [2.75, 3.05) is 5.73 Å². The third kappa shape index (κ3) is 4.11. The molecule has 0 aliphatic carbocycles. The van der Waals surface area contributed by atoms with E-state index in [9.17, 15) is 4.79 Å². The third-order valence-corrected chi connectivity index (χ3v) is 4.13. The quantitative estimate of drug-likeness (QED) is 0.736. The molecule has 0 radical (unpaired) electrons. The molecule has 1 fully saturated rings. The smallest absolute Gasteiger partial charge is 0.251 e. The molecule has 4 N–H and O–H groups in total. The second-order valence-electron chi connectivity index (χ2n) is 7.21. The van der Waals surface area contributed by atoms with Gasteiger partial charge in [-0.3, -0.25) is 4.79 Å². The van der Waals surface area contributed by atoms with Crippen LogP contribution < -0.4 is 16.4 Å². The molecule has 4 nitrogen and oxygen atoms in total. The minimum absolute atomic E-state index is 0.00127. The molecule has 1 aliphatic heterocycles. The van der Waals surface area contributed by atoms with Gasteiger partial charge in [0.15, 0.2) is 0 Å². The highest BCUT2D eigenvalue weighted by Gasteiger charge is 2.38. The van der Waals surface area contributed by atoms with Crippen molar-refractivity contribution in [3.63, 3.8) is 0 Å². The molecule has 116 valence electrons. The van der Waals surface area contributed by atoms with Crippen LogP contribution >= 0.6 is 11.6 Å². The molecular formula is C16H24ClN3O. The standard InChI is InChI=1S/C16H24ClN3O/c1-15(2)8-11(9-16(3,4)20-15)19-14(21)10-5-6-12(17)13(18)7-10/h5-7,11,20H,8-9,18H2,1-4H3,(H,19,21). The summed E-state index contributed by atoms with van der Waals surface area (Å²) in [6, 6.07) is 5.11. The van der Waals surface area contributed by atoms with E-state index < -0.39 is 0 Å². The van der Waals surface area contributed by atoms with Crippen LogP contribution in [0.4, 0.5) is 5.69 Å². The van der Waals surface area contributed by atoms with Gasteiger partial charge in [0.2, 0.25) is 0 Å². The highest BCUT2D eigenvalue weighted by atomic mass is 35.5. The average Bonchev–Trinajstić information content (AvgIpc) is 2.28. The number of anilines is 1. The monoisotopic (exact) mass is 309 g/mol. The van der Waals surface area contributed by atoms with E-state index in [0.29, 0.717) is 16.3 Å². The van der Waals surface area contributed by atoms with E-state index in [1.807, 2.05) is 0 Å².